The first-order valence-corrected chi connectivity index (χ1v) is 11.9. The van der Waals surface area contributed by atoms with Gasteiger partial charge in [0.2, 0.25) is 5.78 Å². The third-order valence-corrected chi connectivity index (χ3v) is 6.70. The van der Waals surface area contributed by atoms with E-state index in [4.69, 9.17) is 9.47 Å². The van der Waals surface area contributed by atoms with Crippen LogP contribution in [0.5, 0.6) is 11.5 Å². The smallest absolute Gasteiger partial charge is 0.200 e. The number of ketones is 1. The molecule has 1 atom stereocenters. The lowest BCUT2D eigenvalue weighted by Crippen LogP contribution is -2.38. The summed E-state index contributed by atoms with van der Waals surface area (Å²) in [5.41, 5.74) is 1.97. The van der Waals surface area contributed by atoms with Gasteiger partial charge in [-0.05, 0) is 82.3 Å². The molecule has 0 aromatic heterocycles. The SMILES string of the molecule is CCOc1cc2c(cc1OCC)C(=O)C(F)(CC1CCN(Cc3cccc(C)c3)CC1)C2. The van der Waals surface area contributed by atoms with Crippen molar-refractivity contribution in [3.8, 4) is 11.5 Å². The topological polar surface area (TPSA) is 38.8 Å². The maximum atomic E-state index is 16.0. The van der Waals surface area contributed by atoms with Gasteiger partial charge in [-0.15, -0.1) is 0 Å². The van der Waals surface area contributed by atoms with Crippen LogP contribution in [0.4, 0.5) is 4.39 Å². The number of rotatable bonds is 8. The van der Waals surface area contributed by atoms with Crippen LogP contribution in [0.25, 0.3) is 0 Å². The van der Waals surface area contributed by atoms with Crippen LogP contribution in [0.1, 0.15) is 60.2 Å². The number of benzene rings is 2. The number of aryl methyl sites for hydroxylation is 1. The van der Waals surface area contributed by atoms with Gasteiger partial charge in [0.25, 0.3) is 0 Å². The van der Waals surface area contributed by atoms with E-state index < -0.39 is 11.5 Å². The Labute approximate surface area is 190 Å². The second kappa shape index (κ2) is 9.62. The van der Waals surface area contributed by atoms with E-state index >= 15 is 4.39 Å². The number of nitrogens with zero attached hydrogens (tertiary/aromatic N) is 1. The number of carbonyl (C=O) groups excluding carboxylic acids is 1. The normalized spacial score (nSPS) is 21.6. The van der Waals surface area contributed by atoms with E-state index in [1.807, 2.05) is 13.8 Å². The van der Waals surface area contributed by atoms with E-state index in [1.54, 1.807) is 12.1 Å². The van der Waals surface area contributed by atoms with Crippen molar-refractivity contribution in [1.29, 1.82) is 0 Å². The minimum atomic E-state index is -1.82. The molecule has 4 rings (SSSR count). The number of alkyl halides is 1. The van der Waals surface area contributed by atoms with Gasteiger partial charge in [-0.3, -0.25) is 9.69 Å². The second-order valence-electron chi connectivity index (χ2n) is 9.21. The van der Waals surface area contributed by atoms with Gasteiger partial charge in [0.1, 0.15) is 0 Å². The largest absolute Gasteiger partial charge is 0.490 e. The number of hydrogen-bond donors (Lipinski definition) is 0. The molecule has 172 valence electrons. The van der Waals surface area contributed by atoms with Crippen molar-refractivity contribution in [2.45, 2.75) is 58.7 Å². The monoisotopic (exact) mass is 439 g/mol. The molecule has 5 heteroatoms. The summed E-state index contributed by atoms with van der Waals surface area (Å²) in [6, 6.07) is 12.1. The molecule has 2 aromatic rings. The Kier molecular flexibility index (Phi) is 6.85. The zero-order valence-electron chi connectivity index (χ0n) is 19.5. The molecule has 0 spiro atoms. The number of hydrogen-bond acceptors (Lipinski definition) is 4. The first-order valence-electron chi connectivity index (χ1n) is 11.9. The minimum Gasteiger partial charge on any atom is -0.490 e. The van der Waals surface area contributed by atoms with Gasteiger partial charge in [0, 0.05) is 18.5 Å². The Balaban J connectivity index is 1.39. The molecule has 1 fully saturated rings. The fourth-order valence-electron chi connectivity index (χ4n) is 5.16. The Morgan fingerprint density at radius 1 is 1.06 bits per heavy atom. The number of piperidine rings is 1. The zero-order valence-corrected chi connectivity index (χ0v) is 19.5. The molecule has 0 amide bonds. The molecule has 1 aliphatic heterocycles. The predicted molar refractivity (Wildman–Crippen MR) is 124 cm³/mol. The molecule has 32 heavy (non-hydrogen) atoms. The molecule has 0 N–H and O–H groups in total. The van der Waals surface area contributed by atoms with Crippen molar-refractivity contribution in [2.24, 2.45) is 5.92 Å². The van der Waals surface area contributed by atoms with E-state index in [2.05, 4.69) is 36.1 Å². The van der Waals surface area contributed by atoms with Crippen LogP contribution >= 0.6 is 0 Å². The average molecular weight is 440 g/mol. The van der Waals surface area contributed by atoms with Crippen LogP contribution in [-0.2, 0) is 13.0 Å². The number of likely N-dealkylation sites (tertiary alicyclic amines) is 1. The molecule has 2 aliphatic rings. The summed E-state index contributed by atoms with van der Waals surface area (Å²) in [7, 11) is 0. The number of ether oxygens (including phenoxy) is 2. The number of carbonyl (C=O) groups is 1. The lowest BCUT2D eigenvalue weighted by Gasteiger charge is -2.34. The van der Waals surface area contributed by atoms with Crippen molar-refractivity contribution in [2.75, 3.05) is 26.3 Å². The van der Waals surface area contributed by atoms with Gasteiger partial charge < -0.3 is 9.47 Å². The first-order chi connectivity index (χ1) is 15.4. The minimum absolute atomic E-state index is 0.136. The van der Waals surface area contributed by atoms with Gasteiger partial charge in [0.15, 0.2) is 17.2 Å². The molecule has 1 saturated heterocycles. The molecule has 2 aromatic carbocycles. The highest BCUT2D eigenvalue weighted by Crippen LogP contribution is 2.43. The highest BCUT2D eigenvalue weighted by molar-refractivity contribution is 6.07. The number of Topliss-reactive ketones (excluding diaryl/α,β-unsaturated/α-hetero) is 1. The molecular weight excluding hydrogens is 405 g/mol. The Morgan fingerprint density at radius 3 is 2.41 bits per heavy atom. The van der Waals surface area contributed by atoms with Gasteiger partial charge in [0.05, 0.1) is 13.2 Å². The summed E-state index contributed by atoms with van der Waals surface area (Å²) in [4.78, 5) is 15.5. The van der Waals surface area contributed by atoms with E-state index in [9.17, 15) is 4.79 Å². The summed E-state index contributed by atoms with van der Waals surface area (Å²) in [5.74, 6) is 0.952. The Hall–Kier alpha value is -2.40. The first kappa shape index (κ1) is 22.8. The summed E-state index contributed by atoms with van der Waals surface area (Å²) in [6.07, 6.45) is 2.29. The summed E-state index contributed by atoms with van der Waals surface area (Å²) in [5, 5.41) is 0. The fraction of sp³-hybridized carbons (Fsp3) is 0.519. The van der Waals surface area contributed by atoms with E-state index in [0.717, 1.165) is 38.0 Å². The van der Waals surface area contributed by atoms with E-state index in [1.165, 1.54) is 11.1 Å². The molecule has 1 unspecified atom stereocenters. The maximum Gasteiger partial charge on any atom is 0.200 e. The van der Waals surface area contributed by atoms with Gasteiger partial charge in [-0.1, -0.05) is 29.8 Å². The molecule has 0 bridgehead atoms. The van der Waals surface area contributed by atoms with Crippen molar-refractivity contribution in [3.63, 3.8) is 0 Å². The molecule has 4 nitrogen and oxygen atoms in total. The van der Waals surface area contributed by atoms with E-state index in [0.29, 0.717) is 36.7 Å². The van der Waals surface area contributed by atoms with Crippen molar-refractivity contribution in [3.05, 3.63) is 58.7 Å². The van der Waals surface area contributed by atoms with Crippen LogP contribution in [-0.4, -0.2) is 42.7 Å². The summed E-state index contributed by atoms with van der Waals surface area (Å²) < 4.78 is 27.3. The van der Waals surface area contributed by atoms with Gasteiger partial charge in [-0.2, -0.15) is 0 Å². The van der Waals surface area contributed by atoms with Crippen molar-refractivity contribution >= 4 is 5.78 Å². The van der Waals surface area contributed by atoms with E-state index in [-0.39, 0.29) is 12.3 Å². The van der Waals surface area contributed by atoms with Gasteiger partial charge in [-0.25, -0.2) is 4.39 Å². The molecular formula is C27H34FNO3. The summed E-state index contributed by atoms with van der Waals surface area (Å²) >= 11 is 0. The fourth-order valence-corrected chi connectivity index (χ4v) is 5.16. The summed E-state index contributed by atoms with van der Waals surface area (Å²) in [6.45, 7) is 9.68. The number of halogens is 1. The molecule has 0 saturated carbocycles. The van der Waals surface area contributed by atoms with Crippen LogP contribution in [0, 0.1) is 12.8 Å². The molecule has 1 heterocycles. The maximum absolute atomic E-state index is 16.0. The van der Waals surface area contributed by atoms with Crippen LogP contribution in [0.3, 0.4) is 0 Å². The van der Waals surface area contributed by atoms with Gasteiger partial charge >= 0.3 is 0 Å². The Bertz CT molecular complexity index is 967. The quantitative estimate of drug-likeness (QED) is 0.541. The zero-order chi connectivity index (χ0) is 22.7. The van der Waals surface area contributed by atoms with Crippen LogP contribution in [0.2, 0.25) is 0 Å². The third kappa shape index (κ3) is 4.83. The van der Waals surface area contributed by atoms with Crippen LogP contribution < -0.4 is 9.47 Å². The highest BCUT2D eigenvalue weighted by Gasteiger charge is 2.48. The predicted octanol–water partition coefficient (Wildman–Crippen LogP) is 5.54. The molecule has 0 radical (unpaired) electrons. The van der Waals surface area contributed by atoms with Crippen molar-refractivity contribution < 1.29 is 18.7 Å². The third-order valence-electron chi connectivity index (χ3n) is 6.70. The standard InChI is InChI=1S/C27H34FNO3/c1-4-31-24-14-22-17-27(28,26(30)23(22)15-25(24)32-5-2)16-20-9-11-29(12-10-20)18-21-8-6-7-19(3)13-21/h6-8,13-15,20H,4-5,9-12,16-18H2,1-3H3. The molecule has 1 aliphatic carbocycles. The lowest BCUT2D eigenvalue weighted by atomic mass is 9.83. The lowest BCUT2D eigenvalue weighted by molar-refractivity contribution is 0.0587. The highest BCUT2D eigenvalue weighted by atomic mass is 19.1. The average Bonchev–Trinajstić information content (AvgIpc) is 3.00. The Morgan fingerprint density at radius 2 is 1.75 bits per heavy atom. The van der Waals surface area contributed by atoms with Crippen LogP contribution in [0.15, 0.2) is 36.4 Å². The second-order valence-corrected chi connectivity index (χ2v) is 9.21. The van der Waals surface area contributed by atoms with Crippen molar-refractivity contribution in [1.82, 2.24) is 4.90 Å². The number of fused-ring (bicyclic) bond motifs is 1.